The molecule has 1 saturated heterocycles. The molecule has 4 saturated carbocycles. The van der Waals surface area contributed by atoms with Gasteiger partial charge >= 0.3 is 115 Å². The zero-order chi connectivity index (χ0) is 36.3. The summed E-state index contributed by atoms with van der Waals surface area (Å²) in [6.07, 6.45) is -7.77. The van der Waals surface area contributed by atoms with Gasteiger partial charge in [-0.3, -0.25) is 18.0 Å². The van der Waals surface area contributed by atoms with Crippen molar-refractivity contribution < 1.29 is 176 Å². The van der Waals surface area contributed by atoms with Gasteiger partial charge < -0.3 is 38.3 Å². The van der Waals surface area contributed by atoms with Crippen molar-refractivity contribution in [2.75, 3.05) is 13.7 Å². The van der Waals surface area contributed by atoms with E-state index >= 15 is 0 Å². The SMILES string of the molecule is C=C1[C@@H]2CC[C@H]3[C@]4(C)C[C@H](O[C@@H]5O[C@H](CO)[C@@H](OS(=O)(=O)[O-])[C@H](OS(=O)(=O)[O-])[C@H]5OC(=O)CC(C)C)C[C@@H](C(=O)OC)[C@H]4CC[C@]3(C2)[C@H]1O.[K+].[K+]. The summed E-state index contributed by atoms with van der Waals surface area (Å²) in [5.74, 6) is -2.31. The minimum Gasteiger partial charge on any atom is -0.726 e. The molecule has 4 aliphatic carbocycles. The number of fused-ring (bicyclic) bond motifs is 3. The van der Waals surface area contributed by atoms with Crippen molar-refractivity contribution in [2.24, 2.45) is 40.4 Å². The predicted molar refractivity (Wildman–Crippen MR) is 163 cm³/mol. The van der Waals surface area contributed by atoms with Gasteiger partial charge in [0.2, 0.25) is 20.8 Å². The number of carbonyl (C=O) groups is 2. The van der Waals surface area contributed by atoms with E-state index in [1.807, 2.05) is 0 Å². The summed E-state index contributed by atoms with van der Waals surface area (Å²) in [6, 6.07) is 0. The van der Waals surface area contributed by atoms with Crippen LogP contribution in [-0.2, 0) is 57.7 Å². The maximum atomic E-state index is 13.3. The van der Waals surface area contributed by atoms with E-state index in [-0.39, 0.29) is 139 Å². The fraction of sp³-hybridized carbons (Fsp3) is 0.871. The Hall–Kier alpha value is 1.53. The number of carbonyl (C=O) groups excluding carboxylic acids is 2. The normalized spacial score (nSPS) is 40.6. The smallest absolute Gasteiger partial charge is 0.726 e. The molecule has 280 valence electrons. The maximum Gasteiger partial charge on any atom is 1.00 e. The Balaban J connectivity index is 0.00000351. The van der Waals surface area contributed by atoms with Crippen molar-refractivity contribution in [2.45, 2.75) is 115 Å². The molecule has 0 unspecified atom stereocenters. The molecule has 2 bridgehead atoms. The van der Waals surface area contributed by atoms with Crippen LogP contribution in [0.3, 0.4) is 0 Å². The standard InChI is InChI=1S/C31H48O16S2.2K/c1-15(2)10-23(33)45-26-25(47-49(39,40)41)24(46-48(36,37)38)21(14-32)44-29(26)43-18-11-19(28(35)42-5)20-8-9-31-12-17(16(3)27(31)34)6-7-22(31)30(20,4)13-18;;/h15,17-22,24-27,29,32,34H,3,6-14H2,1-2,4-5H3,(H,36,37,38)(H,39,40,41);;/q;2*+1/p-2/t17-,18-,19-,20-,21-,22+,24-,25+,26-,27+,29-,30-,31-;;/m1../s1. The number of methoxy groups -OCH3 is 1. The van der Waals surface area contributed by atoms with Crippen molar-refractivity contribution in [3.8, 4) is 0 Å². The average molecular weight is 817 g/mol. The molecule has 0 aromatic carbocycles. The Labute approximate surface area is 384 Å². The first-order valence-corrected chi connectivity index (χ1v) is 19.2. The molecule has 0 amide bonds. The van der Waals surface area contributed by atoms with Gasteiger partial charge in [0.05, 0.1) is 31.8 Å². The summed E-state index contributed by atoms with van der Waals surface area (Å²) < 4.78 is 103. The van der Waals surface area contributed by atoms with Gasteiger partial charge in [-0.15, -0.1) is 0 Å². The molecule has 5 fully saturated rings. The molecular weight excluding hydrogens is 771 g/mol. The third-order valence-corrected chi connectivity index (χ3v) is 12.6. The summed E-state index contributed by atoms with van der Waals surface area (Å²) in [4.78, 5) is 26.3. The third-order valence-electron chi connectivity index (χ3n) is 11.7. The van der Waals surface area contributed by atoms with Gasteiger partial charge in [-0.05, 0) is 79.6 Å². The molecule has 5 aliphatic rings. The molecule has 1 heterocycles. The van der Waals surface area contributed by atoms with E-state index in [0.29, 0.717) is 19.3 Å². The first-order chi connectivity index (χ1) is 22.7. The van der Waals surface area contributed by atoms with Crippen molar-refractivity contribution >= 4 is 32.7 Å². The van der Waals surface area contributed by atoms with Gasteiger partial charge in [0.25, 0.3) is 0 Å². The fourth-order valence-corrected chi connectivity index (χ4v) is 11.0. The molecule has 0 aromatic rings. The van der Waals surface area contributed by atoms with Crippen LogP contribution in [0.4, 0.5) is 0 Å². The van der Waals surface area contributed by atoms with E-state index < -0.39 is 99.0 Å². The maximum absolute atomic E-state index is 13.3. The van der Waals surface area contributed by atoms with E-state index in [9.17, 15) is 45.7 Å². The molecule has 1 spiro atoms. The minimum absolute atomic E-state index is 0. The van der Waals surface area contributed by atoms with Crippen molar-refractivity contribution in [1.29, 1.82) is 0 Å². The zero-order valence-corrected chi connectivity index (χ0v) is 37.8. The number of esters is 2. The van der Waals surface area contributed by atoms with E-state index in [2.05, 4.69) is 21.9 Å². The molecule has 1 aliphatic heterocycles. The molecule has 16 nitrogen and oxygen atoms in total. The summed E-state index contributed by atoms with van der Waals surface area (Å²) in [7, 11) is -10.0. The van der Waals surface area contributed by atoms with Gasteiger partial charge in [0, 0.05) is 11.8 Å². The van der Waals surface area contributed by atoms with Crippen molar-refractivity contribution in [1.82, 2.24) is 0 Å². The van der Waals surface area contributed by atoms with Crippen molar-refractivity contribution in [3.05, 3.63) is 12.2 Å². The molecule has 13 atom stereocenters. The predicted octanol–water partition coefficient (Wildman–Crippen LogP) is -4.92. The second-order valence-electron chi connectivity index (χ2n) is 14.9. The van der Waals surface area contributed by atoms with Crippen molar-refractivity contribution in [3.63, 3.8) is 0 Å². The van der Waals surface area contributed by atoms with Gasteiger partial charge in [0.1, 0.15) is 18.3 Å². The average Bonchev–Trinajstić information content (AvgIpc) is 3.16. The second-order valence-corrected chi connectivity index (χ2v) is 17.0. The Bertz CT molecular complexity index is 1510. The Morgan fingerprint density at radius 3 is 2.22 bits per heavy atom. The third kappa shape index (κ3) is 9.98. The molecule has 51 heavy (non-hydrogen) atoms. The Morgan fingerprint density at radius 2 is 1.65 bits per heavy atom. The van der Waals surface area contributed by atoms with E-state index in [1.165, 1.54) is 7.11 Å². The van der Waals surface area contributed by atoms with Crippen LogP contribution in [0.1, 0.15) is 72.1 Å². The second kappa shape index (κ2) is 18.0. The Morgan fingerprint density at radius 1 is 1.02 bits per heavy atom. The fourth-order valence-electron chi connectivity index (χ4n) is 9.95. The summed E-state index contributed by atoms with van der Waals surface area (Å²) in [5.41, 5.74) is -0.213. The minimum atomic E-state index is -5.67. The number of aliphatic hydroxyl groups is 2. The summed E-state index contributed by atoms with van der Waals surface area (Å²) >= 11 is 0. The first-order valence-electron chi connectivity index (χ1n) is 16.6. The van der Waals surface area contributed by atoms with Crippen LogP contribution in [0.5, 0.6) is 0 Å². The number of hydrogen-bond acceptors (Lipinski definition) is 16. The van der Waals surface area contributed by atoms with Crippen LogP contribution in [0.25, 0.3) is 0 Å². The van der Waals surface area contributed by atoms with Gasteiger partial charge in [0.15, 0.2) is 12.4 Å². The molecule has 0 radical (unpaired) electrons. The number of ether oxygens (including phenoxy) is 4. The van der Waals surface area contributed by atoms with Gasteiger partial charge in [-0.1, -0.05) is 27.4 Å². The van der Waals surface area contributed by atoms with E-state index in [4.69, 9.17) is 18.9 Å². The summed E-state index contributed by atoms with van der Waals surface area (Å²) in [6.45, 7) is 8.56. The topological polar surface area (TPSA) is 244 Å². The van der Waals surface area contributed by atoms with Gasteiger partial charge in [-0.25, -0.2) is 16.8 Å². The first kappa shape index (κ1) is 46.9. The van der Waals surface area contributed by atoms with E-state index in [1.54, 1.807) is 13.8 Å². The Kier molecular flexibility index (Phi) is 16.5. The van der Waals surface area contributed by atoms with Crippen LogP contribution in [0, 0.1) is 40.4 Å². The van der Waals surface area contributed by atoms with Crippen LogP contribution in [0.2, 0.25) is 0 Å². The number of aliphatic hydroxyl groups excluding tert-OH is 2. The molecular formula is C31H46K2O16S2. The number of rotatable bonds is 11. The largest absolute Gasteiger partial charge is 1.00 e. The molecule has 2 N–H and O–H groups in total. The molecule has 0 aromatic heterocycles. The van der Waals surface area contributed by atoms with Crippen LogP contribution in [-0.4, -0.2) is 105 Å². The monoisotopic (exact) mass is 816 g/mol. The number of hydrogen-bond donors (Lipinski definition) is 2. The van der Waals surface area contributed by atoms with Crippen LogP contribution in [0.15, 0.2) is 12.2 Å². The molecule has 5 rings (SSSR count). The van der Waals surface area contributed by atoms with E-state index in [0.717, 1.165) is 24.8 Å². The molecule has 20 heteroatoms. The quantitative estimate of drug-likeness (QED) is 0.0496. The van der Waals surface area contributed by atoms with Crippen LogP contribution < -0.4 is 103 Å². The van der Waals surface area contributed by atoms with Crippen LogP contribution >= 0.6 is 0 Å². The zero-order valence-electron chi connectivity index (χ0n) is 29.9. The summed E-state index contributed by atoms with van der Waals surface area (Å²) in [5, 5.41) is 21.6. The van der Waals surface area contributed by atoms with Gasteiger partial charge in [-0.2, -0.15) is 0 Å².